The predicted octanol–water partition coefficient (Wildman–Crippen LogP) is 1.90. The van der Waals surface area contributed by atoms with Gasteiger partial charge in [0.1, 0.15) is 0 Å². The van der Waals surface area contributed by atoms with Crippen LogP contribution in [0.3, 0.4) is 0 Å². The van der Waals surface area contributed by atoms with E-state index in [0.717, 1.165) is 0 Å². The van der Waals surface area contributed by atoms with Gasteiger partial charge >= 0.3 is 0 Å². The molecule has 0 aliphatic carbocycles. The van der Waals surface area contributed by atoms with Gasteiger partial charge in [-0.05, 0) is 25.0 Å². The minimum absolute atomic E-state index is 0.0305. The standard InChI is InChI=1S/C14H21N3O2/c1-9(2)10(3)17(4)14(18)12-7-5-11(6-8-12)13(15)16-19/h5-10,19H,1-4H3,(H2,15,16). The number of rotatable bonds is 4. The lowest BCUT2D eigenvalue weighted by molar-refractivity contribution is 0.0707. The number of nitrogens with zero attached hydrogens (tertiary/aromatic N) is 2. The SMILES string of the molecule is CC(C)C(C)N(C)C(=O)c1ccc(/C(N)=N/O)cc1. The van der Waals surface area contributed by atoms with Crippen LogP contribution in [0.25, 0.3) is 0 Å². The Kier molecular flexibility index (Phi) is 4.92. The molecule has 0 saturated heterocycles. The van der Waals surface area contributed by atoms with Gasteiger partial charge in [0.15, 0.2) is 5.84 Å². The quantitative estimate of drug-likeness (QED) is 0.377. The molecule has 0 heterocycles. The number of amides is 1. The highest BCUT2D eigenvalue weighted by Gasteiger charge is 2.19. The first-order valence-corrected chi connectivity index (χ1v) is 6.23. The van der Waals surface area contributed by atoms with Gasteiger partial charge in [0, 0.05) is 24.2 Å². The lowest BCUT2D eigenvalue weighted by Crippen LogP contribution is -2.38. The minimum Gasteiger partial charge on any atom is -0.409 e. The number of oxime groups is 1. The van der Waals surface area contributed by atoms with E-state index in [4.69, 9.17) is 10.9 Å². The molecular formula is C14H21N3O2. The summed E-state index contributed by atoms with van der Waals surface area (Å²) in [4.78, 5) is 14.0. The van der Waals surface area contributed by atoms with Crippen LogP contribution in [0.1, 0.15) is 36.7 Å². The smallest absolute Gasteiger partial charge is 0.253 e. The fourth-order valence-electron chi connectivity index (χ4n) is 1.68. The number of amidine groups is 1. The van der Waals surface area contributed by atoms with Crippen molar-refractivity contribution in [3.05, 3.63) is 35.4 Å². The van der Waals surface area contributed by atoms with Crippen LogP contribution in [0.15, 0.2) is 29.4 Å². The molecule has 0 saturated carbocycles. The number of hydrogen-bond donors (Lipinski definition) is 2. The Morgan fingerprint density at radius 2 is 1.68 bits per heavy atom. The van der Waals surface area contributed by atoms with Gasteiger partial charge in [-0.15, -0.1) is 0 Å². The van der Waals surface area contributed by atoms with Crippen LogP contribution < -0.4 is 5.73 Å². The highest BCUT2D eigenvalue weighted by molar-refractivity contribution is 5.99. The maximum Gasteiger partial charge on any atom is 0.253 e. The van der Waals surface area contributed by atoms with Gasteiger partial charge < -0.3 is 15.8 Å². The molecule has 5 nitrogen and oxygen atoms in total. The molecule has 1 amide bonds. The average molecular weight is 263 g/mol. The molecule has 1 rings (SSSR count). The maximum atomic E-state index is 12.3. The number of hydrogen-bond acceptors (Lipinski definition) is 3. The summed E-state index contributed by atoms with van der Waals surface area (Å²) >= 11 is 0. The maximum absolute atomic E-state index is 12.3. The lowest BCUT2D eigenvalue weighted by Gasteiger charge is -2.28. The monoisotopic (exact) mass is 263 g/mol. The third-order valence-corrected chi connectivity index (χ3v) is 3.43. The fourth-order valence-corrected chi connectivity index (χ4v) is 1.68. The van der Waals surface area contributed by atoms with E-state index in [1.807, 2.05) is 6.92 Å². The summed E-state index contributed by atoms with van der Waals surface area (Å²) in [5.74, 6) is 0.389. The fraction of sp³-hybridized carbons (Fsp3) is 0.429. The van der Waals surface area contributed by atoms with Gasteiger partial charge in [-0.2, -0.15) is 0 Å². The van der Waals surface area contributed by atoms with E-state index in [2.05, 4.69) is 19.0 Å². The first-order valence-electron chi connectivity index (χ1n) is 6.23. The molecule has 0 bridgehead atoms. The largest absolute Gasteiger partial charge is 0.409 e. The Morgan fingerprint density at radius 1 is 1.21 bits per heavy atom. The van der Waals surface area contributed by atoms with E-state index in [1.54, 1.807) is 36.2 Å². The van der Waals surface area contributed by atoms with Crippen LogP contribution in [0.2, 0.25) is 0 Å². The normalized spacial score (nSPS) is 13.4. The second-order valence-electron chi connectivity index (χ2n) is 4.96. The Morgan fingerprint density at radius 3 is 2.11 bits per heavy atom. The van der Waals surface area contributed by atoms with Crippen LogP contribution in [0.4, 0.5) is 0 Å². The van der Waals surface area contributed by atoms with E-state index >= 15 is 0 Å². The number of carbonyl (C=O) groups excluding carboxylic acids is 1. The predicted molar refractivity (Wildman–Crippen MR) is 75.3 cm³/mol. The molecule has 5 heteroatoms. The molecule has 0 aliphatic heterocycles. The van der Waals surface area contributed by atoms with Crippen molar-refractivity contribution in [3.63, 3.8) is 0 Å². The first kappa shape index (κ1) is 15.0. The molecular weight excluding hydrogens is 242 g/mol. The number of nitrogens with two attached hydrogens (primary N) is 1. The molecule has 1 aromatic carbocycles. The number of carbonyl (C=O) groups is 1. The van der Waals surface area contributed by atoms with Crippen molar-refractivity contribution >= 4 is 11.7 Å². The highest BCUT2D eigenvalue weighted by Crippen LogP contribution is 2.13. The van der Waals surface area contributed by atoms with E-state index in [-0.39, 0.29) is 17.8 Å². The van der Waals surface area contributed by atoms with E-state index in [1.165, 1.54) is 0 Å². The zero-order chi connectivity index (χ0) is 14.6. The van der Waals surface area contributed by atoms with E-state index in [9.17, 15) is 4.79 Å². The van der Waals surface area contributed by atoms with Crippen molar-refractivity contribution < 1.29 is 10.0 Å². The zero-order valence-electron chi connectivity index (χ0n) is 11.8. The lowest BCUT2D eigenvalue weighted by atomic mass is 10.0. The van der Waals surface area contributed by atoms with Crippen LogP contribution in [-0.4, -0.2) is 34.9 Å². The van der Waals surface area contributed by atoms with Crippen molar-refractivity contribution in [1.29, 1.82) is 0 Å². The summed E-state index contributed by atoms with van der Waals surface area (Å²) in [7, 11) is 1.80. The summed E-state index contributed by atoms with van der Waals surface area (Å²) < 4.78 is 0. The summed E-state index contributed by atoms with van der Waals surface area (Å²) in [5.41, 5.74) is 6.64. The molecule has 0 aromatic heterocycles. The van der Waals surface area contributed by atoms with Crippen LogP contribution >= 0.6 is 0 Å². The van der Waals surface area contributed by atoms with Crippen LogP contribution in [-0.2, 0) is 0 Å². The molecule has 1 aromatic rings. The van der Waals surface area contributed by atoms with Gasteiger partial charge in [-0.3, -0.25) is 4.79 Å². The summed E-state index contributed by atoms with van der Waals surface area (Å²) in [6, 6.07) is 6.85. The second kappa shape index (κ2) is 6.22. The van der Waals surface area contributed by atoms with E-state index < -0.39 is 0 Å². The number of benzene rings is 1. The molecule has 0 aliphatic rings. The molecule has 0 radical (unpaired) electrons. The Hall–Kier alpha value is -2.04. The van der Waals surface area contributed by atoms with Crippen molar-refractivity contribution in [2.24, 2.45) is 16.8 Å². The topological polar surface area (TPSA) is 78.9 Å². The molecule has 1 atom stereocenters. The third kappa shape index (κ3) is 3.47. The summed E-state index contributed by atoms with van der Waals surface area (Å²) in [6.45, 7) is 6.18. The Bertz CT molecular complexity index is 466. The first-order chi connectivity index (χ1) is 8.88. The summed E-state index contributed by atoms with van der Waals surface area (Å²) in [6.07, 6.45) is 0. The third-order valence-electron chi connectivity index (χ3n) is 3.43. The molecule has 104 valence electrons. The molecule has 0 spiro atoms. The van der Waals surface area contributed by atoms with E-state index in [0.29, 0.717) is 17.0 Å². The molecule has 19 heavy (non-hydrogen) atoms. The van der Waals surface area contributed by atoms with Crippen LogP contribution in [0, 0.1) is 5.92 Å². The Labute approximate surface area is 113 Å². The van der Waals surface area contributed by atoms with Gasteiger partial charge in [-0.1, -0.05) is 31.1 Å². The molecule has 0 fully saturated rings. The zero-order valence-corrected chi connectivity index (χ0v) is 11.8. The highest BCUT2D eigenvalue weighted by atomic mass is 16.4. The van der Waals surface area contributed by atoms with Crippen molar-refractivity contribution in [3.8, 4) is 0 Å². The van der Waals surface area contributed by atoms with Crippen molar-refractivity contribution in [2.75, 3.05) is 7.05 Å². The average Bonchev–Trinajstić information content (AvgIpc) is 2.44. The molecule has 3 N–H and O–H groups in total. The van der Waals surface area contributed by atoms with Crippen molar-refractivity contribution in [1.82, 2.24) is 4.90 Å². The Balaban J connectivity index is 2.89. The molecule has 1 unspecified atom stereocenters. The van der Waals surface area contributed by atoms with Gasteiger partial charge in [0.2, 0.25) is 0 Å². The summed E-state index contributed by atoms with van der Waals surface area (Å²) in [5, 5.41) is 11.5. The van der Waals surface area contributed by atoms with Crippen molar-refractivity contribution in [2.45, 2.75) is 26.8 Å². The van der Waals surface area contributed by atoms with Crippen LogP contribution in [0.5, 0.6) is 0 Å². The van der Waals surface area contributed by atoms with Gasteiger partial charge in [0.05, 0.1) is 0 Å². The minimum atomic E-state index is -0.0349. The van der Waals surface area contributed by atoms with Gasteiger partial charge in [-0.25, -0.2) is 0 Å². The van der Waals surface area contributed by atoms with Gasteiger partial charge in [0.25, 0.3) is 5.91 Å². The second-order valence-corrected chi connectivity index (χ2v) is 4.96.